The molecule has 0 fully saturated rings. The highest BCUT2D eigenvalue weighted by atomic mass is 127. The summed E-state index contributed by atoms with van der Waals surface area (Å²) < 4.78 is 11.0. The first-order valence-electron chi connectivity index (χ1n) is 5.94. The Bertz CT molecular complexity index is 590. The third kappa shape index (κ3) is 3.66. The van der Waals surface area contributed by atoms with E-state index in [1.165, 1.54) is 0 Å². The van der Waals surface area contributed by atoms with Gasteiger partial charge >= 0.3 is 0 Å². The zero-order valence-electron chi connectivity index (χ0n) is 11.2. The molecule has 0 amide bonds. The fraction of sp³-hybridized carbons (Fsp3) is 0.286. The summed E-state index contributed by atoms with van der Waals surface area (Å²) in [6, 6.07) is 7.90. The van der Waals surface area contributed by atoms with E-state index in [2.05, 4.69) is 32.6 Å². The number of methoxy groups -OCH3 is 2. The zero-order valence-corrected chi connectivity index (χ0v) is 14.1. The van der Waals surface area contributed by atoms with Gasteiger partial charge in [-0.25, -0.2) is 9.97 Å². The zero-order chi connectivity index (χ0) is 14.5. The fourth-order valence-corrected chi connectivity index (χ4v) is 2.33. The van der Waals surface area contributed by atoms with Crippen LogP contribution in [0, 0.1) is 3.57 Å². The van der Waals surface area contributed by atoms with Gasteiger partial charge in [-0.1, -0.05) is 35.9 Å². The van der Waals surface area contributed by atoms with Gasteiger partial charge in [0.25, 0.3) is 0 Å². The lowest BCUT2D eigenvalue weighted by atomic mass is 10.1. The van der Waals surface area contributed by atoms with Gasteiger partial charge in [-0.05, 0) is 28.2 Å². The maximum Gasteiger partial charge on any atom is 0.161 e. The first kappa shape index (κ1) is 15.6. The summed E-state index contributed by atoms with van der Waals surface area (Å²) in [5, 5.41) is 0.448. The summed E-state index contributed by atoms with van der Waals surface area (Å²) >= 11 is 8.28. The van der Waals surface area contributed by atoms with Crippen molar-refractivity contribution >= 4 is 34.2 Å². The van der Waals surface area contributed by atoms with E-state index in [0.717, 1.165) is 20.4 Å². The summed E-state index contributed by atoms with van der Waals surface area (Å²) in [6.45, 7) is 0.999. The summed E-state index contributed by atoms with van der Waals surface area (Å²) in [4.78, 5) is 8.83. The van der Waals surface area contributed by atoms with Gasteiger partial charge in [0.1, 0.15) is 5.15 Å². The molecule has 0 aliphatic carbocycles. The van der Waals surface area contributed by atoms with E-state index in [1.54, 1.807) is 14.2 Å². The minimum atomic E-state index is 0.412. The van der Waals surface area contributed by atoms with Crippen molar-refractivity contribution in [2.45, 2.75) is 13.2 Å². The van der Waals surface area contributed by atoms with Crippen LogP contribution in [0.25, 0.3) is 11.4 Å². The second-order valence-corrected chi connectivity index (χ2v) is 5.60. The molecule has 106 valence electrons. The van der Waals surface area contributed by atoms with Crippen LogP contribution in [0.3, 0.4) is 0 Å². The molecule has 0 atom stereocenters. The number of benzene rings is 1. The number of rotatable bonds is 5. The molecule has 1 aromatic heterocycles. The largest absolute Gasteiger partial charge is 0.380 e. The normalized spacial score (nSPS) is 10.8. The average molecular weight is 405 g/mol. The molecule has 0 saturated carbocycles. The molecule has 0 aliphatic heterocycles. The van der Waals surface area contributed by atoms with E-state index in [4.69, 9.17) is 21.1 Å². The highest BCUT2D eigenvalue weighted by Crippen LogP contribution is 2.24. The van der Waals surface area contributed by atoms with Crippen molar-refractivity contribution in [2.24, 2.45) is 0 Å². The molecule has 2 rings (SSSR count). The first-order chi connectivity index (χ1) is 9.65. The Morgan fingerprint density at radius 2 is 1.70 bits per heavy atom. The van der Waals surface area contributed by atoms with Crippen molar-refractivity contribution < 1.29 is 9.47 Å². The Morgan fingerprint density at radius 3 is 2.30 bits per heavy atom. The Morgan fingerprint density at radius 1 is 1.05 bits per heavy atom. The third-order valence-corrected chi connectivity index (χ3v) is 4.41. The maximum atomic E-state index is 6.15. The molecule has 0 N–H and O–H groups in total. The topological polar surface area (TPSA) is 44.2 Å². The Hall–Kier alpha value is -0.760. The van der Waals surface area contributed by atoms with E-state index in [1.807, 2.05) is 24.3 Å². The van der Waals surface area contributed by atoms with Crippen molar-refractivity contribution in [3.63, 3.8) is 0 Å². The minimum absolute atomic E-state index is 0.412. The van der Waals surface area contributed by atoms with Crippen LogP contribution < -0.4 is 0 Å². The lowest BCUT2D eigenvalue weighted by Gasteiger charge is -2.08. The quantitative estimate of drug-likeness (QED) is 0.563. The van der Waals surface area contributed by atoms with Crippen LogP contribution in [0.15, 0.2) is 24.3 Å². The Kier molecular flexibility index (Phi) is 5.71. The first-order valence-corrected chi connectivity index (χ1v) is 7.40. The monoisotopic (exact) mass is 404 g/mol. The molecular weight excluding hydrogens is 391 g/mol. The lowest BCUT2D eigenvalue weighted by molar-refractivity contribution is 0.181. The highest BCUT2D eigenvalue weighted by Gasteiger charge is 2.12. The van der Waals surface area contributed by atoms with Crippen molar-refractivity contribution in [2.75, 3.05) is 14.2 Å². The SMILES string of the molecule is COCc1ccc(-c2nc(Cl)c(I)c(COC)n2)cc1. The minimum Gasteiger partial charge on any atom is -0.380 e. The standard InChI is InChI=1S/C14H14ClIN2O2/c1-19-7-9-3-5-10(6-4-9)14-17-11(8-20-2)12(16)13(15)18-14/h3-6H,7-8H2,1-2H3. The van der Waals surface area contributed by atoms with Crippen molar-refractivity contribution in [3.05, 3.63) is 44.2 Å². The van der Waals surface area contributed by atoms with Crippen molar-refractivity contribution in [3.8, 4) is 11.4 Å². The molecule has 0 spiro atoms. The predicted octanol–water partition coefficient (Wildman–Crippen LogP) is 3.69. The van der Waals surface area contributed by atoms with E-state index in [9.17, 15) is 0 Å². The summed E-state index contributed by atoms with van der Waals surface area (Å²) in [6.07, 6.45) is 0. The van der Waals surface area contributed by atoms with Crippen LogP contribution in [0.5, 0.6) is 0 Å². The number of ether oxygens (including phenoxy) is 2. The maximum absolute atomic E-state index is 6.15. The van der Waals surface area contributed by atoms with Crippen LogP contribution >= 0.6 is 34.2 Å². The average Bonchev–Trinajstić information content (AvgIpc) is 2.45. The summed E-state index contributed by atoms with van der Waals surface area (Å²) in [5.41, 5.74) is 2.81. The molecular formula is C14H14ClIN2O2. The molecule has 20 heavy (non-hydrogen) atoms. The predicted molar refractivity (Wildman–Crippen MR) is 86.6 cm³/mol. The van der Waals surface area contributed by atoms with Gasteiger partial charge in [0.2, 0.25) is 0 Å². The highest BCUT2D eigenvalue weighted by molar-refractivity contribution is 14.1. The van der Waals surface area contributed by atoms with Crippen LogP contribution in [0.1, 0.15) is 11.3 Å². The van der Waals surface area contributed by atoms with Gasteiger partial charge in [-0.15, -0.1) is 0 Å². The van der Waals surface area contributed by atoms with E-state index in [-0.39, 0.29) is 0 Å². The molecule has 0 radical (unpaired) electrons. The molecule has 0 bridgehead atoms. The molecule has 0 aliphatic rings. The number of nitrogens with zero attached hydrogens (tertiary/aromatic N) is 2. The van der Waals surface area contributed by atoms with Gasteiger partial charge < -0.3 is 9.47 Å². The Balaban J connectivity index is 2.36. The van der Waals surface area contributed by atoms with Gasteiger partial charge in [0, 0.05) is 19.8 Å². The number of hydrogen-bond acceptors (Lipinski definition) is 4. The van der Waals surface area contributed by atoms with Gasteiger partial charge in [0.05, 0.1) is 22.5 Å². The van der Waals surface area contributed by atoms with Crippen LogP contribution in [-0.4, -0.2) is 24.2 Å². The van der Waals surface area contributed by atoms with E-state index in [0.29, 0.717) is 24.2 Å². The lowest BCUT2D eigenvalue weighted by Crippen LogP contribution is -2.02. The number of aromatic nitrogens is 2. The van der Waals surface area contributed by atoms with Crippen LogP contribution in [0.2, 0.25) is 5.15 Å². The second-order valence-electron chi connectivity index (χ2n) is 4.16. The van der Waals surface area contributed by atoms with Gasteiger partial charge in [-0.3, -0.25) is 0 Å². The van der Waals surface area contributed by atoms with E-state index >= 15 is 0 Å². The third-order valence-electron chi connectivity index (χ3n) is 2.68. The molecule has 1 heterocycles. The smallest absolute Gasteiger partial charge is 0.161 e. The summed E-state index contributed by atoms with van der Waals surface area (Å²) in [5.74, 6) is 0.603. The number of hydrogen-bond donors (Lipinski definition) is 0. The van der Waals surface area contributed by atoms with Gasteiger partial charge in [0.15, 0.2) is 5.82 Å². The fourth-order valence-electron chi connectivity index (χ4n) is 1.74. The molecule has 0 saturated heterocycles. The van der Waals surface area contributed by atoms with Crippen molar-refractivity contribution in [1.82, 2.24) is 9.97 Å². The molecule has 0 unspecified atom stereocenters. The van der Waals surface area contributed by atoms with Crippen LogP contribution in [-0.2, 0) is 22.7 Å². The molecule has 2 aromatic rings. The molecule has 4 nitrogen and oxygen atoms in total. The number of halogens is 2. The molecule has 6 heteroatoms. The Labute approximate surface area is 136 Å². The molecule has 1 aromatic carbocycles. The van der Waals surface area contributed by atoms with Crippen molar-refractivity contribution in [1.29, 1.82) is 0 Å². The van der Waals surface area contributed by atoms with E-state index < -0.39 is 0 Å². The second kappa shape index (κ2) is 7.31. The van der Waals surface area contributed by atoms with Gasteiger partial charge in [-0.2, -0.15) is 0 Å². The van der Waals surface area contributed by atoms with Crippen LogP contribution in [0.4, 0.5) is 0 Å². The summed E-state index contributed by atoms with van der Waals surface area (Å²) in [7, 11) is 3.30.